The van der Waals surface area contributed by atoms with Gasteiger partial charge in [-0.1, -0.05) is 69.4 Å². The van der Waals surface area contributed by atoms with Crippen LogP contribution in [0.4, 0.5) is 21.0 Å². The van der Waals surface area contributed by atoms with Crippen LogP contribution in [0.5, 0.6) is 0 Å². The summed E-state index contributed by atoms with van der Waals surface area (Å²) in [6.07, 6.45) is 2.71. The van der Waals surface area contributed by atoms with E-state index in [1.54, 1.807) is 0 Å². The molecule has 0 aliphatic heterocycles. The number of rotatable bonds is 10. The first-order valence-electron chi connectivity index (χ1n) is 9.50. The number of hydrogen-bond acceptors (Lipinski definition) is 2. The first-order chi connectivity index (χ1) is 14.1. The third kappa shape index (κ3) is 9.66. The highest BCUT2D eigenvalue weighted by atomic mass is 127. The van der Waals surface area contributed by atoms with Gasteiger partial charge in [-0.15, -0.1) is 0 Å². The number of carbonyl (C=O) groups is 2. The quantitative estimate of drug-likeness (QED) is 0.168. The standard InChI is InChI=1S/C21H26I2N4O2/c22-11-1-13-24-20(28)26-18-7-3-16(4-8-18)15-17-5-9-19(10-6-17)27-21(29)25-14-2-12-23/h3-10H,1-2,11-15H2,(H2,24,26,28)(H2,25,27,29). The Morgan fingerprint density at radius 3 is 1.38 bits per heavy atom. The maximum atomic E-state index is 11.8. The lowest BCUT2D eigenvalue weighted by molar-refractivity contribution is 0.251. The average Bonchev–Trinajstić information content (AvgIpc) is 2.71. The Bertz CT molecular complexity index is 702. The van der Waals surface area contributed by atoms with Crippen molar-refractivity contribution in [3.63, 3.8) is 0 Å². The van der Waals surface area contributed by atoms with E-state index in [0.29, 0.717) is 13.1 Å². The van der Waals surface area contributed by atoms with Gasteiger partial charge in [0.25, 0.3) is 0 Å². The Labute approximate surface area is 199 Å². The first-order valence-corrected chi connectivity index (χ1v) is 12.6. The minimum atomic E-state index is -0.177. The van der Waals surface area contributed by atoms with E-state index in [-0.39, 0.29) is 12.1 Å². The van der Waals surface area contributed by atoms with Crippen LogP contribution in [0.3, 0.4) is 0 Å². The van der Waals surface area contributed by atoms with Crippen molar-refractivity contribution < 1.29 is 9.59 Å². The van der Waals surface area contributed by atoms with E-state index in [2.05, 4.69) is 66.4 Å². The molecule has 0 heterocycles. The van der Waals surface area contributed by atoms with Crippen molar-refractivity contribution in [3.05, 3.63) is 59.7 Å². The summed E-state index contributed by atoms with van der Waals surface area (Å²) in [4.78, 5) is 23.6. The van der Waals surface area contributed by atoms with Crippen LogP contribution in [0, 0.1) is 0 Å². The highest BCUT2D eigenvalue weighted by molar-refractivity contribution is 14.1. The lowest BCUT2D eigenvalue weighted by atomic mass is 10.0. The number of urea groups is 2. The van der Waals surface area contributed by atoms with Gasteiger partial charge in [0.05, 0.1) is 0 Å². The molecule has 0 spiro atoms. The second-order valence-corrected chi connectivity index (χ2v) is 8.57. The van der Waals surface area contributed by atoms with Crippen molar-refractivity contribution >= 4 is 68.6 Å². The van der Waals surface area contributed by atoms with Gasteiger partial charge in [-0.25, -0.2) is 9.59 Å². The van der Waals surface area contributed by atoms with Crippen LogP contribution in [0.25, 0.3) is 0 Å². The van der Waals surface area contributed by atoms with Gasteiger partial charge in [0.2, 0.25) is 0 Å². The van der Waals surface area contributed by atoms with Crippen LogP contribution in [0.15, 0.2) is 48.5 Å². The third-order valence-corrected chi connectivity index (χ3v) is 5.55. The van der Waals surface area contributed by atoms with Gasteiger partial charge in [0.1, 0.15) is 0 Å². The van der Waals surface area contributed by atoms with Gasteiger partial charge >= 0.3 is 12.1 Å². The summed E-state index contributed by atoms with van der Waals surface area (Å²) < 4.78 is 2.05. The van der Waals surface area contributed by atoms with Crippen molar-refractivity contribution in [2.45, 2.75) is 19.3 Å². The van der Waals surface area contributed by atoms with Gasteiger partial charge in [-0.2, -0.15) is 0 Å². The molecule has 8 heteroatoms. The average molecular weight is 620 g/mol. The molecule has 0 saturated heterocycles. The highest BCUT2D eigenvalue weighted by Crippen LogP contribution is 2.16. The summed E-state index contributed by atoms with van der Waals surface area (Å²) in [7, 11) is 0. The zero-order valence-corrected chi connectivity index (χ0v) is 20.5. The number of amides is 4. The largest absolute Gasteiger partial charge is 0.338 e. The van der Waals surface area contributed by atoms with Gasteiger partial charge < -0.3 is 21.3 Å². The number of anilines is 2. The molecule has 4 N–H and O–H groups in total. The SMILES string of the molecule is O=C(NCCCI)Nc1ccc(Cc2ccc(NC(=O)NCCCI)cc2)cc1. The zero-order chi connectivity index (χ0) is 20.9. The lowest BCUT2D eigenvalue weighted by Gasteiger charge is -2.09. The molecular formula is C21H26I2N4O2. The summed E-state index contributed by atoms with van der Waals surface area (Å²) in [6.45, 7) is 1.36. The number of benzene rings is 2. The molecule has 0 radical (unpaired) electrons. The Morgan fingerprint density at radius 2 is 1.03 bits per heavy atom. The first kappa shape index (κ1) is 23.7. The Kier molecular flexibility index (Phi) is 11.1. The minimum Gasteiger partial charge on any atom is -0.338 e. The zero-order valence-electron chi connectivity index (χ0n) is 16.1. The van der Waals surface area contributed by atoms with E-state index in [4.69, 9.17) is 0 Å². The van der Waals surface area contributed by atoms with Gasteiger partial charge in [0, 0.05) is 33.3 Å². The fourth-order valence-corrected chi connectivity index (χ4v) is 3.30. The molecule has 0 aliphatic carbocycles. The number of hydrogen-bond donors (Lipinski definition) is 4. The Balaban J connectivity index is 1.80. The van der Waals surface area contributed by atoms with Crippen molar-refractivity contribution in [2.75, 3.05) is 32.6 Å². The van der Waals surface area contributed by atoms with Crippen molar-refractivity contribution in [3.8, 4) is 0 Å². The predicted octanol–water partition coefficient (Wildman–Crippen LogP) is 5.17. The monoisotopic (exact) mass is 620 g/mol. The molecule has 2 rings (SSSR count). The molecule has 2 aromatic rings. The van der Waals surface area contributed by atoms with Crippen LogP contribution in [-0.4, -0.2) is 34.0 Å². The minimum absolute atomic E-state index is 0.177. The summed E-state index contributed by atoms with van der Waals surface area (Å²) in [5.74, 6) is 0. The number of carbonyl (C=O) groups excluding carboxylic acids is 2. The summed E-state index contributed by atoms with van der Waals surface area (Å²) in [6, 6.07) is 15.3. The maximum Gasteiger partial charge on any atom is 0.319 e. The van der Waals surface area contributed by atoms with Crippen LogP contribution < -0.4 is 21.3 Å². The van der Waals surface area contributed by atoms with Crippen LogP contribution in [0.1, 0.15) is 24.0 Å². The second kappa shape index (κ2) is 13.6. The second-order valence-electron chi connectivity index (χ2n) is 6.42. The van der Waals surface area contributed by atoms with E-state index in [9.17, 15) is 9.59 Å². The smallest absolute Gasteiger partial charge is 0.319 e. The van der Waals surface area contributed by atoms with E-state index < -0.39 is 0 Å². The molecule has 0 unspecified atom stereocenters. The van der Waals surface area contributed by atoms with Gasteiger partial charge in [0.15, 0.2) is 0 Å². The van der Waals surface area contributed by atoms with Gasteiger partial charge in [-0.3, -0.25) is 0 Å². The van der Waals surface area contributed by atoms with E-state index in [1.807, 2.05) is 48.5 Å². The Hall–Kier alpha value is -1.56. The normalized spacial score (nSPS) is 10.3. The molecule has 0 saturated carbocycles. The summed E-state index contributed by atoms with van der Waals surface area (Å²) >= 11 is 4.58. The number of alkyl halides is 2. The fraction of sp³-hybridized carbons (Fsp3) is 0.333. The van der Waals surface area contributed by atoms with E-state index in [1.165, 1.54) is 0 Å². The molecule has 0 aromatic heterocycles. The molecule has 156 valence electrons. The molecule has 0 aliphatic rings. The van der Waals surface area contributed by atoms with Crippen LogP contribution >= 0.6 is 45.2 Å². The van der Waals surface area contributed by atoms with Crippen molar-refractivity contribution in [1.29, 1.82) is 0 Å². The topological polar surface area (TPSA) is 82.3 Å². The van der Waals surface area contributed by atoms with Crippen molar-refractivity contribution in [1.82, 2.24) is 10.6 Å². The summed E-state index contributed by atoms with van der Waals surface area (Å²) in [5, 5.41) is 11.3. The van der Waals surface area contributed by atoms with E-state index >= 15 is 0 Å². The number of nitrogens with one attached hydrogen (secondary N) is 4. The van der Waals surface area contributed by atoms with E-state index in [0.717, 1.165) is 50.6 Å². The molecule has 6 nitrogen and oxygen atoms in total. The fourth-order valence-electron chi connectivity index (χ4n) is 2.54. The number of halogens is 2. The summed E-state index contributed by atoms with van der Waals surface area (Å²) in [5.41, 5.74) is 3.85. The lowest BCUT2D eigenvalue weighted by Crippen LogP contribution is -2.29. The van der Waals surface area contributed by atoms with Gasteiger partial charge in [-0.05, 0) is 54.7 Å². The molecule has 2 aromatic carbocycles. The molecule has 0 bridgehead atoms. The predicted molar refractivity (Wildman–Crippen MR) is 137 cm³/mol. The van der Waals surface area contributed by atoms with Crippen LogP contribution in [0.2, 0.25) is 0 Å². The molecular weight excluding hydrogens is 594 g/mol. The van der Waals surface area contributed by atoms with Crippen LogP contribution in [-0.2, 0) is 6.42 Å². The molecule has 0 fully saturated rings. The molecule has 29 heavy (non-hydrogen) atoms. The molecule has 0 atom stereocenters. The Morgan fingerprint density at radius 1 is 0.655 bits per heavy atom. The molecule has 4 amide bonds. The highest BCUT2D eigenvalue weighted by Gasteiger charge is 2.03. The third-order valence-electron chi connectivity index (χ3n) is 4.02. The maximum absolute atomic E-state index is 11.8. The van der Waals surface area contributed by atoms with Crippen molar-refractivity contribution in [2.24, 2.45) is 0 Å².